The van der Waals surface area contributed by atoms with E-state index in [-0.39, 0.29) is 22.7 Å². The van der Waals surface area contributed by atoms with Crippen molar-refractivity contribution in [3.8, 4) is 6.07 Å². The van der Waals surface area contributed by atoms with Crippen LogP contribution in [0.3, 0.4) is 0 Å². The number of nitrogens with zero attached hydrogens (tertiary/aromatic N) is 3. The zero-order valence-electron chi connectivity index (χ0n) is 12.9. The summed E-state index contributed by atoms with van der Waals surface area (Å²) >= 11 is 0. The molecular weight excluding hydrogens is 318 g/mol. The van der Waals surface area contributed by atoms with E-state index in [9.17, 15) is 8.42 Å². The number of sulfonamides is 1. The maximum atomic E-state index is 13.1. The summed E-state index contributed by atoms with van der Waals surface area (Å²) in [5.74, 6) is 0. The Balaban J connectivity index is 1.94. The van der Waals surface area contributed by atoms with Gasteiger partial charge in [0.05, 0.1) is 19.3 Å². The molecule has 8 heteroatoms. The van der Waals surface area contributed by atoms with Crippen molar-refractivity contribution in [3.05, 3.63) is 24.0 Å². The highest BCUT2D eigenvalue weighted by Gasteiger charge is 2.43. The molecule has 0 aromatic carbocycles. The topological polar surface area (TPSA) is 92.5 Å². The molecule has 124 valence electrons. The van der Waals surface area contributed by atoms with Gasteiger partial charge in [-0.3, -0.25) is 0 Å². The first kappa shape index (κ1) is 16.3. The fourth-order valence-electron chi connectivity index (χ4n) is 3.19. The van der Waals surface area contributed by atoms with Crippen LogP contribution in [0.15, 0.2) is 23.2 Å². The average Bonchev–Trinajstić information content (AvgIpc) is 3.09. The molecule has 2 aliphatic rings. The van der Waals surface area contributed by atoms with Crippen molar-refractivity contribution in [3.63, 3.8) is 0 Å². The zero-order valence-corrected chi connectivity index (χ0v) is 13.7. The molecule has 1 aromatic rings. The van der Waals surface area contributed by atoms with E-state index in [4.69, 9.17) is 14.7 Å². The van der Waals surface area contributed by atoms with E-state index in [2.05, 4.69) is 4.98 Å². The van der Waals surface area contributed by atoms with Crippen LogP contribution in [0.2, 0.25) is 0 Å². The van der Waals surface area contributed by atoms with E-state index in [1.165, 1.54) is 22.6 Å². The minimum absolute atomic E-state index is 0.0910. The molecule has 0 amide bonds. The van der Waals surface area contributed by atoms with Gasteiger partial charge < -0.3 is 9.47 Å². The lowest BCUT2D eigenvalue weighted by molar-refractivity contribution is -0.0976. The third-order valence-corrected chi connectivity index (χ3v) is 6.29. The van der Waals surface area contributed by atoms with Gasteiger partial charge in [0, 0.05) is 12.2 Å². The van der Waals surface area contributed by atoms with Crippen molar-refractivity contribution >= 4 is 10.0 Å². The fraction of sp³-hybridized carbons (Fsp3) is 0.600. The largest absolute Gasteiger partial charge is 0.349 e. The van der Waals surface area contributed by atoms with Crippen LogP contribution in [0.25, 0.3) is 0 Å². The third-order valence-electron chi connectivity index (χ3n) is 4.27. The number of ether oxygens (including phenoxy) is 2. The molecule has 3 heterocycles. The first-order valence-corrected chi connectivity index (χ1v) is 9.11. The minimum Gasteiger partial charge on any atom is -0.349 e. The molecule has 7 nitrogen and oxygen atoms in total. The van der Waals surface area contributed by atoms with Crippen LogP contribution >= 0.6 is 0 Å². The van der Waals surface area contributed by atoms with Gasteiger partial charge in [0.1, 0.15) is 16.7 Å². The Morgan fingerprint density at radius 2 is 2.04 bits per heavy atom. The minimum atomic E-state index is -3.72. The van der Waals surface area contributed by atoms with Crippen LogP contribution in [0.1, 0.15) is 31.9 Å². The van der Waals surface area contributed by atoms with E-state index in [0.29, 0.717) is 19.6 Å². The number of hydrogen-bond acceptors (Lipinski definition) is 6. The Morgan fingerprint density at radius 1 is 1.30 bits per heavy atom. The van der Waals surface area contributed by atoms with Gasteiger partial charge in [-0.15, -0.1) is 0 Å². The lowest BCUT2D eigenvalue weighted by Gasteiger charge is -2.41. The van der Waals surface area contributed by atoms with Gasteiger partial charge in [0.15, 0.2) is 6.29 Å². The van der Waals surface area contributed by atoms with Crippen molar-refractivity contribution < 1.29 is 17.9 Å². The Bertz CT molecular complexity index is 692. The summed E-state index contributed by atoms with van der Waals surface area (Å²) in [7, 11) is -3.72. The van der Waals surface area contributed by atoms with E-state index >= 15 is 0 Å². The van der Waals surface area contributed by atoms with E-state index in [1.807, 2.05) is 13.0 Å². The quantitative estimate of drug-likeness (QED) is 0.824. The monoisotopic (exact) mass is 337 g/mol. The Kier molecular flexibility index (Phi) is 4.64. The summed E-state index contributed by atoms with van der Waals surface area (Å²) in [5.41, 5.74) is 0.189. The van der Waals surface area contributed by atoms with Gasteiger partial charge in [0.2, 0.25) is 10.0 Å². The Morgan fingerprint density at radius 3 is 2.65 bits per heavy atom. The molecule has 3 rings (SSSR count). The average molecular weight is 337 g/mol. The second kappa shape index (κ2) is 6.53. The molecule has 23 heavy (non-hydrogen) atoms. The predicted molar refractivity (Wildman–Crippen MR) is 80.8 cm³/mol. The number of aromatic nitrogens is 1. The SMILES string of the molecule is C[C@@H]1CCC[C@H](C2OCCO2)N1S(=O)(=O)c1ccc(C#N)nc1. The van der Waals surface area contributed by atoms with Crippen LogP contribution in [-0.4, -0.2) is 49.3 Å². The zero-order chi connectivity index (χ0) is 16.4. The predicted octanol–water partition coefficient (Wildman–Crippen LogP) is 1.26. The number of hydrogen-bond donors (Lipinski definition) is 0. The van der Waals surface area contributed by atoms with Gasteiger partial charge in [-0.2, -0.15) is 9.57 Å². The summed E-state index contributed by atoms with van der Waals surface area (Å²) in [6, 6.07) is 4.26. The second-order valence-corrected chi connectivity index (χ2v) is 7.63. The van der Waals surface area contributed by atoms with Gasteiger partial charge in [0.25, 0.3) is 0 Å². The summed E-state index contributed by atoms with van der Waals surface area (Å²) in [5, 5.41) is 8.80. The molecular formula is C15H19N3O4S. The molecule has 0 N–H and O–H groups in total. The number of piperidine rings is 1. The van der Waals surface area contributed by atoms with Crippen LogP contribution in [0.4, 0.5) is 0 Å². The van der Waals surface area contributed by atoms with E-state index in [1.54, 1.807) is 0 Å². The summed E-state index contributed by atoms with van der Waals surface area (Å²) in [6.07, 6.45) is 3.17. The maximum Gasteiger partial charge on any atom is 0.245 e. The van der Waals surface area contributed by atoms with Crippen molar-refractivity contribution in [2.24, 2.45) is 0 Å². The summed E-state index contributed by atoms with van der Waals surface area (Å²) < 4.78 is 38.7. The summed E-state index contributed by atoms with van der Waals surface area (Å²) in [4.78, 5) is 3.97. The van der Waals surface area contributed by atoms with Crippen LogP contribution in [0.5, 0.6) is 0 Å². The van der Waals surface area contributed by atoms with Gasteiger partial charge in [-0.25, -0.2) is 13.4 Å². The van der Waals surface area contributed by atoms with Crippen molar-refractivity contribution in [1.82, 2.24) is 9.29 Å². The lowest BCUT2D eigenvalue weighted by atomic mass is 9.99. The standard InChI is InChI=1S/C15H19N3O4S/c1-11-3-2-4-14(15-21-7-8-22-15)18(11)23(19,20)13-6-5-12(9-16)17-10-13/h5-6,10-11,14-15H,2-4,7-8H2,1H3/t11-,14-/m1/s1. The molecule has 2 aliphatic heterocycles. The normalized spacial score (nSPS) is 27.0. The molecule has 0 saturated carbocycles. The van der Waals surface area contributed by atoms with Gasteiger partial charge in [-0.1, -0.05) is 6.42 Å². The molecule has 0 aliphatic carbocycles. The molecule has 2 saturated heterocycles. The second-order valence-electron chi connectivity index (χ2n) is 5.78. The maximum absolute atomic E-state index is 13.1. The molecule has 1 aromatic heterocycles. The van der Waals surface area contributed by atoms with Crippen molar-refractivity contribution in [1.29, 1.82) is 5.26 Å². The highest BCUT2D eigenvalue weighted by Crippen LogP contribution is 2.33. The molecule has 0 bridgehead atoms. The van der Waals surface area contributed by atoms with Gasteiger partial charge in [-0.05, 0) is 31.9 Å². The number of rotatable bonds is 3. The van der Waals surface area contributed by atoms with E-state index < -0.39 is 16.3 Å². The van der Waals surface area contributed by atoms with Crippen molar-refractivity contribution in [2.75, 3.05) is 13.2 Å². The molecule has 2 atom stereocenters. The first-order chi connectivity index (χ1) is 11.0. The number of nitriles is 1. The molecule has 0 radical (unpaired) electrons. The molecule has 0 spiro atoms. The summed E-state index contributed by atoms with van der Waals surface area (Å²) in [6.45, 7) is 2.87. The highest BCUT2D eigenvalue weighted by atomic mass is 32.2. The van der Waals surface area contributed by atoms with Gasteiger partial charge >= 0.3 is 0 Å². The molecule has 0 unspecified atom stereocenters. The smallest absolute Gasteiger partial charge is 0.245 e. The lowest BCUT2D eigenvalue weighted by Crippen LogP contribution is -2.53. The van der Waals surface area contributed by atoms with Crippen LogP contribution in [0, 0.1) is 11.3 Å². The van der Waals surface area contributed by atoms with Crippen LogP contribution < -0.4 is 0 Å². The molecule has 2 fully saturated rings. The Labute approximate surface area is 135 Å². The fourth-order valence-corrected chi connectivity index (χ4v) is 5.00. The third kappa shape index (κ3) is 3.10. The number of pyridine rings is 1. The highest BCUT2D eigenvalue weighted by molar-refractivity contribution is 7.89. The Hall–Kier alpha value is -1.53. The van der Waals surface area contributed by atoms with E-state index in [0.717, 1.165) is 12.8 Å². The first-order valence-electron chi connectivity index (χ1n) is 7.67. The van der Waals surface area contributed by atoms with Crippen molar-refractivity contribution in [2.45, 2.75) is 49.5 Å². The van der Waals surface area contributed by atoms with Crippen LogP contribution in [-0.2, 0) is 19.5 Å².